The smallest absolute Gasteiger partial charge is 0.239 e. The molecular weight excluding hydrogens is 316 g/mol. The fourth-order valence-electron chi connectivity index (χ4n) is 2.44. The summed E-state index contributed by atoms with van der Waals surface area (Å²) in [6, 6.07) is 8.40. The van der Waals surface area contributed by atoms with E-state index in [4.69, 9.17) is 4.74 Å². The molecular formula is C19H28N4O2. The molecule has 1 amide bonds. The van der Waals surface area contributed by atoms with Crippen molar-refractivity contribution in [2.45, 2.75) is 45.2 Å². The molecule has 0 aliphatic heterocycles. The van der Waals surface area contributed by atoms with Gasteiger partial charge >= 0.3 is 0 Å². The lowest BCUT2D eigenvalue weighted by molar-refractivity contribution is -0.120. The fraction of sp³-hybridized carbons (Fsp3) is 0.579. The highest BCUT2D eigenvalue weighted by molar-refractivity contribution is 5.86. The number of guanidine groups is 1. The zero-order valence-electron chi connectivity index (χ0n) is 14.9. The van der Waals surface area contributed by atoms with Gasteiger partial charge in [-0.25, -0.2) is 4.99 Å². The summed E-state index contributed by atoms with van der Waals surface area (Å²) in [4.78, 5) is 16.4. The number of hydrogen-bond donors (Lipinski definition) is 3. The molecule has 0 bridgehead atoms. The summed E-state index contributed by atoms with van der Waals surface area (Å²) in [5.74, 6) is 2.28. The second-order valence-corrected chi connectivity index (χ2v) is 6.75. The first-order valence-corrected chi connectivity index (χ1v) is 9.27. The van der Waals surface area contributed by atoms with E-state index in [0.29, 0.717) is 18.5 Å². The number of carbonyl (C=O) groups excluding carboxylic acids is 1. The minimum absolute atomic E-state index is 0.0151. The highest BCUT2D eigenvalue weighted by Gasteiger charge is 2.23. The number of benzene rings is 1. The van der Waals surface area contributed by atoms with Gasteiger partial charge in [0.05, 0.1) is 19.7 Å². The first-order chi connectivity index (χ1) is 12.2. The molecule has 0 spiro atoms. The lowest BCUT2D eigenvalue weighted by Gasteiger charge is -2.13. The second kappa shape index (κ2) is 8.74. The molecule has 6 heteroatoms. The van der Waals surface area contributed by atoms with E-state index < -0.39 is 0 Å². The van der Waals surface area contributed by atoms with Crippen molar-refractivity contribution in [1.29, 1.82) is 0 Å². The number of aliphatic imine (C=N–C) groups is 1. The Morgan fingerprint density at radius 1 is 1.20 bits per heavy atom. The highest BCUT2D eigenvalue weighted by Crippen LogP contribution is 2.30. The molecule has 2 aliphatic carbocycles. The maximum absolute atomic E-state index is 11.8. The number of rotatable bonds is 9. The predicted octanol–water partition coefficient (Wildman–Crippen LogP) is 1.81. The molecule has 0 radical (unpaired) electrons. The van der Waals surface area contributed by atoms with Crippen LogP contribution in [0.25, 0.3) is 0 Å². The summed E-state index contributed by atoms with van der Waals surface area (Å²) in [5.41, 5.74) is 1.06. The monoisotopic (exact) mass is 344 g/mol. The van der Waals surface area contributed by atoms with E-state index in [9.17, 15) is 4.79 Å². The van der Waals surface area contributed by atoms with Crippen molar-refractivity contribution >= 4 is 11.9 Å². The molecule has 3 rings (SSSR count). The SMILES string of the molecule is CCNC(=NCc1ccccc1OCC1CC1)NCC(=O)NC1CC1. The van der Waals surface area contributed by atoms with Gasteiger partial charge in [0.15, 0.2) is 5.96 Å². The third-order valence-electron chi connectivity index (χ3n) is 4.25. The van der Waals surface area contributed by atoms with Crippen LogP contribution in [0.1, 0.15) is 38.2 Å². The van der Waals surface area contributed by atoms with Crippen molar-refractivity contribution in [2.75, 3.05) is 19.7 Å². The van der Waals surface area contributed by atoms with Crippen LogP contribution in [0.15, 0.2) is 29.3 Å². The molecule has 0 saturated heterocycles. The first kappa shape index (κ1) is 17.6. The summed E-state index contributed by atoms with van der Waals surface area (Å²) in [6.07, 6.45) is 4.74. The second-order valence-electron chi connectivity index (χ2n) is 6.75. The summed E-state index contributed by atoms with van der Waals surface area (Å²) in [5, 5.41) is 9.23. The predicted molar refractivity (Wildman–Crippen MR) is 98.6 cm³/mol. The van der Waals surface area contributed by atoms with Crippen LogP contribution in [0, 0.1) is 5.92 Å². The van der Waals surface area contributed by atoms with Crippen molar-refractivity contribution in [3.63, 3.8) is 0 Å². The van der Waals surface area contributed by atoms with Crippen molar-refractivity contribution in [1.82, 2.24) is 16.0 Å². The quantitative estimate of drug-likeness (QED) is 0.472. The number of amides is 1. The molecule has 0 aromatic heterocycles. The Kier molecular flexibility index (Phi) is 6.14. The van der Waals surface area contributed by atoms with Gasteiger partial charge in [0.1, 0.15) is 5.75 Å². The average molecular weight is 344 g/mol. The number of para-hydroxylation sites is 1. The van der Waals surface area contributed by atoms with Gasteiger partial charge in [-0.3, -0.25) is 4.79 Å². The molecule has 0 atom stereocenters. The van der Waals surface area contributed by atoms with Crippen LogP contribution in [0.4, 0.5) is 0 Å². The molecule has 25 heavy (non-hydrogen) atoms. The molecule has 1 aromatic rings. The number of carbonyl (C=O) groups is 1. The minimum Gasteiger partial charge on any atom is -0.493 e. The van der Waals surface area contributed by atoms with Gasteiger partial charge in [-0.15, -0.1) is 0 Å². The number of nitrogens with one attached hydrogen (secondary N) is 3. The molecule has 2 fully saturated rings. The van der Waals surface area contributed by atoms with Gasteiger partial charge in [0.2, 0.25) is 5.91 Å². The standard InChI is InChI=1S/C19H28N4O2/c1-2-20-19(22-12-18(24)23-16-9-10-16)21-11-15-5-3-4-6-17(15)25-13-14-7-8-14/h3-6,14,16H,2,7-13H2,1H3,(H,23,24)(H2,20,21,22). The van der Waals surface area contributed by atoms with Crippen molar-refractivity contribution < 1.29 is 9.53 Å². The molecule has 2 saturated carbocycles. The van der Waals surface area contributed by atoms with Crippen LogP contribution in [-0.4, -0.2) is 37.6 Å². The number of hydrogen-bond acceptors (Lipinski definition) is 3. The van der Waals surface area contributed by atoms with Crippen LogP contribution in [-0.2, 0) is 11.3 Å². The lowest BCUT2D eigenvalue weighted by atomic mass is 10.2. The number of nitrogens with zero attached hydrogens (tertiary/aromatic N) is 1. The van der Waals surface area contributed by atoms with Crippen LogP contribution in [0.2, 0.25) is 0 Å². The Hall–Kier alpha value is -2.24. The minimum atomic E-state index is 0.0151. The van der Waals surface area contributed by atoms with Gasteiger partial charge in [-0.1, -0.05) is 18.2 Å². The Morgan fingerprint density at radius 2 is 2.00 bits per heavy atom. The normalized spacial score (nSPS) is 17.1. The maximum atomic E-state index is 11.8. The molecule has 3 N–H and O–H groups in total. The highest BCUT2D eigenvalue weighted by atomic mass is 16.5. The summed E-state index contributed by atoms with van der Waals surface area (Å²) in [6.45, 7) is 4.30. The van der Waals surface area contributed by atoms with Crippen molar-refractivity contribution in [3.8, 4) is 5.75 Å². The maximum Gasteiger partial charge on any atom is 0.239 e. The molecule has 6 nitrogen and oxygen atoms in total. The van der Waals surface area contributed by atoms with E-state index in [1.807, 2.05) is 31.2 Å². The van der Waals surface area contributed by atoms with Gasteiger partial charge < -0.3 is 20.7 Å². The topological polar surface area (TPSA) is 74.8 Å². The molecule has 2 aliphatic rings. The van der Waals surface area contributed by atoms with Crippen LogP contribution in [0.5, 0.6) is 5.75 Å². The van der Waals surface area contributed by atoms with E-state index >= 15 is 0 Å². The lowest BCUT2D eigenvalue weighted by Crippen LogP contribution is -2.43. The molecule has 0 unspecified atom stereocenters. The summed E-state index contributed by atoms with van der Waals surface area (Å²) >= 11 is 0. The van der Waals surface area contributed by atoms with Crippen molar-refractivity contribution in [3.05, 3.63) is 29.8 Å². The molecule has 136 valence electrons. The van der Waals surface area contributed by atoms with E-state index in [-0.39, 0.29) is 12.5 Å². The summed E-state index contributed by atoms with van der Waals surface area (Å²) < 4.78 is 5.93. The van der Waals surface area contributed by atoms with Gasteiger partial charge in [0.25, 0.3) is 0 Å². The van der Waals surface area contributed by atoms with Gasteiger partial charge in [-0.05, 0) is 44.6 Å². The van der Waals surface area contributed by atoms with Crippen LogP contribution in [0.3, 0.4) is 0 Å². The van der Waals surface area contributed by atoms with E-state index in [1.165, 1.54) is 12.8 Å². The third-order valence-corrected chi connectivity index (χ3v) is 4.25. The zero-order valence-corrected chi connectivity index (χ0v) is 14.9. The Bertz CT molecular complexity index is 609. The summed E-state index contributed by atoms with van der Waals surface area (Å²) in [7, 11) is 0. The largest absolute Gasteiger partial charge is 0.493 e. The number of ether oxygens (including phenoxy) is 1. The first-order valence-electron chi connectivity index (χ1n) is 9.27. The van der Waals surface area contributed by atoms with E-state index in [1.54, 1.807) is 0 Å². The zero-order chi connectivity index (χ0) is 17.5. The Labute approximate surface area is 149 Å². The van der Waals surface area contributed by atoms with E-state index in [2.05, 4.69) is 20.9 Å². The fourth-order valence-corrected chi connectivity index (χ4v) is 2.44. The average Bonchev–Trinajstić information content (AvgIpc) is 3.51. The van der Waals surface area contributed by atoms with E-state index in [0.717, 1.165) is 43.2 Å². The van der Waals surface area contributed by atoms with Crippen LogP contribution >= 0.6 is 0 Å². The van der Waals surface area contributed by atoms with Gasteiger partial charge in [-0.2, -0.15) is 0 Å². The molecule has 1 aromatic carbocycles. The third kappa shape index (κ3) is 6.29. The molecule has 0 heterocycles. The van der Waals surface area contributed by atoms with Crippen LogP contribution < -0.4 is 20.7 Å². The Morgan fingerprint density at radius 3 is 2.72 bits per heavy atom. The Balaban J connectivity index is 1.53. The van der Waals surface area contributed by atoms with Gasteiger partial charge in [0, 0.05) is 18.2 Å². The van der Waals surface area contributed by atoms with Crippen molar-refractivity contribution in [2.24, 2.45) is 10.9 Å².